The minimum atomic E-state index is -4.43. The number of hydrogen-bond acceptors (Lipinski definition) is 3. The number of carbonyl (C=O) groups is 1. The van der Waals surface area contributed by atoms with Crippen molar-refractivity contribution >= 4 is 5.91 Å². The van der Waals surface area contributed by atoms with Crippen LogP contribution in [-0.2, 0) is 30.5 Å². The molecule has 30 heavy (non-hydrogen) atoms. The highest BCUT2D eigenvalue weighted by Gasteiger charge is 2.30. The van der Waals surface area contributed by atoms with Gasteiger partial charge in [-0.1, -0.05) is 36.4 Å². The van der Waals surface area contributed by atoms with Crippen LogP contribution in [0.3, 0.4) is 0 Å². The molecular weight excluding hydrogens is 395 g/mol. The Bertz CT molecular complexity index is 1140. The molecule has 2 heterocycles. The first-order chi connectivity index (χ1) is 14.3. The molecule has 0 saturated carbocycles. The summed E-state index contributed by atoms with van der Waals surface area (Å²) in [5, 5.41) is 0. The molecule has 0 aliphatic carbocycles. The number of nitrogens with zero attached hydrogens (tertiary/aromatic N) is 3. The summed E-state index contributed by atoms with van der Waals surface area (Å²) in [6.45, 7) is 0.948. The molecule has 0 spiro atoms. The van der Waals surface area contributed by atoms with E-state index in [9.17, 15) is 22.8 Å². The number of benzene rings is 2. The summed E-state index contributed by atoms with van der Waals surface area (Å²) in [4.78, 5) is 30.9. The van der Waals surface area contributed by atoms with E-state index in [2.05, 4.69) is 4.98 Å². The molecule has 1 amide bonds. The molecule has 8 heteroatoms. The van der Waals surface area contributed by atoms with Gasteiger partial charge in [-0.3, -0.25) is 14.2 Å². The zero-order valence-electron chi connectivity index (χ0n) is 15.9. The molecule has 0 fully saturated rings. The predicted octanol–water partition coefficient (Wildman–Crippen LogP) is 3.51. The lowest BCUT2D eigenvalue weighted by Gasteiger charge is -2.29. The summed E-state index contributed by atoms with van der Waals surface area (Å²) in [5.41, 5.74) is 1.76. The number of rotatable bonds is 3. The van der Waals surface area contributed by atoms with Crippen molar-refractivity contribution in [2.24, 2.45) is 0 Å². The smallest absolute Gasteiger partial charge is 0.336 e. The largest absolute Gasteiger partial charge is 0.416 e. The Morgan fingerprint density at radius 1 is 1.03 bits per heavy atom. The van der Waals surface area contributed by atoms with E-state index in [-0.39, 0.29) is 18.1 Å². The molecule has 0 saturated heterocycles. The van der Waals surface area contributed by atoms with Crippen LogP contribution in [0.4, 0.5) is 13.2 Å². The highest BCUT2D eigenvalue weighted by Crippen LogP contribution is 2.30. The van der Waals surface area contributed by atoms with Crippen LogP contribution in [0.25, 0.3) is 11.3 Å². The van der Waals surface area contributed by atoms with Crippen molar-refractivity contribution < 1.29 is 18.0 Å². The van der Waals surface area contributed by atoms with Crippen molar-refractivity contribution in [3.8, 4) is 11.3 Å². The standard InChI is InChI=1S/C22H18F3N3O2/c23-22(24,25)18-7-5-16(6-8-18)19-11-20(29)28(14-26-19)13-21(30)27-10-9-15-3-1-2-4-17(15)12-27/h1-8,11,14H,9-10,12-13H2. The molecule has 0 atom stereocenters. The van der Waals surface area contributed by atoms with Crippen LogP contribution in [0.1, 0.15) is 16.7 Å². The third-order valence-corrected chi connectivity index (χ3v) is 5.18. The maximum absolute atomic E-state index is 12.7. The van der Waals surface area contributed by atoms with Crippen LogP contribution in [0.2, 0.25) is 0 Å². The molecule has 4 rings (SSSR count). The summed E-state index contributed by atoms with van der Waals surface area (Å²) in [6, 6.07) is 13.6. The molecule has 0 bridgehead atoms. The quantitative estimate of drug-likeness (QED) is 0.660. The van der Waals surface area contributed by atoms with Crippen molar-refractivity contribution in [1.82, 2.24) is 14.5 Å². The molecule has 0 radical (unpaired) electrons. The maximum atomic E-state index is 12.7. The zero-order valence-corrected chi connectivity index (χ0v) is 15.9. The molecule has 3 aromatic rings. The zero-order chi connectivity index (χ0) is 21.3. The number of hydrogen-bond donors (Lipinski definition) is 0. The Morgan fingerprint density at radius 3 is 2.40 bits per heavy atom. The Kier molecular flexibility index (Phi) is 5.15. The summed E-state index contributed by atoms with van der Waals surface area (Å²) < 4.78 is 39.3. The Labute approximate surface area is 170 Å². The lowest BCUT2D eigenvalue weighted by molar-refractivity contribution is -0.137. The van der Waals surface area contributed by atoms with Gasteiger partial charge in [0.25, 0.3) is 5.56 Å². The van der Waals surface area contributed by atoms with E-state index < -0.39 is 17.3 Å². The fourth-order valence-corrected chi connectivity index (χ4v) is 3.49. The van der Waals surface area contributed by atoms with Gasteiger partial charge in [-0.2, -0.15) is 13.2 Å². The molecule has 2 aromatic carbocycles. The number of carbonyl (C=O) groups excluding carboxylic acids is 1. The van der Waals surface area contributed by atoms with E-state index in [0.29, 0.717) is 18.7 Å². The second-order valence-electron chi connectivity index (χ2n) is 7.15. The topological polar surface area (TPSA) is 55.2 Å². The molecular formula is C22H18F3N3O2. The monoisotopic (exact) mass is 413 g/mol. The first-order valence-corrected chi connectivity index (χ1v) is 9.40. The average Bonchev–Trinajstić information content (AvgIpc) is 2.74. The second-order valence-corrected chi connectivity index (χ2v) is 7.15. The van der Waals surface area contributed by atoms with Crippen LogP contribution < -0.4 is 5.56 Å². The van der Waals surface area contributed by atoms with Gasteiger partial charge < -0.3 is 4.90 Å². The van der Waals surface area contributed by atoms with Crippen molar-refractivity contribution in [2.75, 3.05) is 6.54 Å². The second kappa shape index (κ2) is 7.78. The van der Waals surface area contributed by atoms with E-state index in [1.54, 1.807) is 4.90 Å². The fourth-order valence-electron chi connectivity index (χ4n) is 3.49. The normalized spacial score (nSPS) is 13.8. The number of alkyl halides is 3. The van der Waals surface area contributed by atoms with Crippen molar-refractivity contribution in [3.05, 3.63) is 88.0 Å². The number of aromatic nitrogens is 2. The molecule has 0 unspecified atom stereocenters. The molecule has 5 nitrogen and oxygen atoms in total. The van der Waals surface area contributed by atoms with Crippen LogP contribution in [0.15, 0.2) is 65.7 Å². The van der Waals surface area contributed by atoms with Crippen LogP contribution >= 0.6 is 0 Å². The lowest BCUT2D eigenvalue weighted by atomic mass is 10.00. The van der Waals surface area contributed by atoms with E-state index in [0.717, 1.165) is 24.1 Å². The van der Waals surface area contributed by atoms with Gasteiger partial charge in [0.05, 0.1) is 17.6 Å². The van der Waals surface area contributed by atoms with Crippen molar-refractivity contribution in [1.29, 1.82) is 0 Å². The van der Waals surface area contributed by atoms with Crippen LogP contribution in [-0.4, -0.2) is 26.9 Å². The Balaban J connectivity index is 1.47. The van der Waals surface area contributed by atoms with Gasteiger partial charge in [-0.25, -0.2) is 4.98 Å². The Hall–Kier alpha value is -3.42. The van der Waals surface area contributed by atoms with Gasteiger partial charge in [-0.05, 0) is 29.7 Å². The highest BCUT2D eigenvalue weighted by molar-refractivity contribution is 5.76. The predicted molar refractivity (Wildman–Crippen MR) is 104 cm³/mol. The number of halogens is 3. The van der Waals surface area contributed by atoms with E-state index in [4.69, 9.17) is 0 Å². The third kappa shape index (κ3) is 4.12. The van der Waals surface area contributed by atoms with Gasteiger partial charge in [0.15, 0.2) is 0 Å². The summed E-state index contributed by atoms with van der Waals surface area (Å²) >= 11 is 0. The van der Waals surface area contributed by atoms with Gasteiger partial charge in [0.1, 0.15) is 6.54 Å². The lowest BCUT2D eigenvalue weighted by Crippen LogP contribution is -2.39. The van der Waals surface area contributed by atoms with Gasteiger partial charge >= 0.3 is 6.18 Å². The minimum absolute atomic E-state index is 0.138. The van der Waals surface area contributed by atoms with E-state index >= 15 is 0 Å². The van der Waals surface area contributed by atoms with Gasteiger partial charge in [-0.15, -0.1) is 0 Å². The van der Waals surface area contributed by atoms with Crippen molar-refractivity contribution in [3.63, 3.8) is 0 Å². The summed E-state index contributed by atoms with van der Waals surface area (Å²) in [6.07, 6.45) is -2.41. The fraction of sp³-hybridized carbons (Fsp3) is 0.227. The number of amides is 1. The van der Waals surface area contributed by atoms with Gasteiger partial charge in [0.2, 0.25) is 5.91 Å². The molecule has 0 N–H and O–H groups in total. The SMILES string of the molecule is O=C(Cn1cnc(-c2ccc(C(F)(F)F)cc2)cc1=O)N1CCc2ccccc2C1. The molecule has 1 aromatic heterocycles. The molecule has 1 aliphatic rings. The first-order valence-electron chi connectivity index (χ1n) is 9.40. The highest BCUT2D eigenvalue weighted by atomic mass is 19.4. The molecule has 1 aliphatic heterocycles. The summed E-state index contributed by atoms with van der Waals surface area (Å²) in [5.74, 6) is -0.185. The minimum Gasteiger partial charge on any atom is -0.336 e. The van der Waals surface area contributed by atoms with Gasteiger partial charge in [0, 0.05) is 24.7 Å². The third-order valence-electron chi connectivity index (χ3n) is 5.18. The van der Waals surface area contributed by atoms with E-state index in [1.807, 2.05) is 24.3 Å². The maximum Gasteiger partial charge on any atom is 0.416 e. The average molecular weight is 413 g/mol. The Morgan fingerprint density at radius 2 is 1.73 bits per heavy atom. The summed E-state index contributed by atoms with van der Waals surface area (Å²) in [7, 11) is 0. The molecule has 154 valence electrons. The first kappa shape index (κ1) is 19.9. The van der Waals surface area contributed by atoms with Crippen molar-refractivity contribution in [2.45, 2.75) is 25.7 Å². The van der Waals surface area contributed by atoms with Crippen LogP contribution in [0.5, 0.6) is 0 Å². The van der Waals surface area contributed by atoms with E-state index in [1.165, 1.54) is 34.7 Å². The van der Waals surface area contributed by atoms with Crippen LogP contribution in [0, 0.1) is 0 Å². The number of fused-ring (bicyclic) bond motifs is 1.